The summed E-state index contributed by atoms with van der Waals surface area (Å²) in [7, 11) is 0. The number of rotatable bonds is 7. The van der Waals surface area contributed by atoms with Crippen molar-refractivity contribution in [2.45, 2.75) is 59.5 Å². The SMILES string of the molecule is CCNC(CC)C(C)c1c([N+](=O)[O-])c(C)nn1CC. The van der Waals surface area contributed by atoms with Gasteiger partial charge in [-0.3, -0.25) is 14.8 Å². The first-order valence-corrected chi connectivity index (χ1v) is 6.92. The second kappa shape index (κ2) is 6.65. The predicted molar refractivity (Wildman–Crippen MR) is 75.5 cm³/mol. The first-order chi connectivity index (χ1) is 8.97. The highest BCUT2D eigenvalue weighted by Crippen LogP contribution is 2.32. The fourth-order valence-electron chi connectivity index (χ4n) is 2.63. The average Bonchev–Trinajstić information content (AvgIpc) is 2.71. The molecule has 19 heavy (non-hydrogen) atoms. The lowest BCUT2D eigenvalue weighted by atomic mass is 9.94. The van der Waals surface area contributed by atoms with Gasteiger partial charge in [-0.15, -0.1) is 0 Å². The van der Waals surface area contributed by atoms with Crippen molar-refractivity contribution in [2.24, 2.45) is 0 Å². The largest absolute Gasteiger partial charge is 0.314 e. The Morgan fingerprint density at radius 3 is 2.47 bits per heavy atom. The summed E-state index contributed by atoms with van der Waals surface area (Å²) < 4.78 is 1.76. The zero-order valence-electron chi connectivity index (χ0n) is 12.4. The number of aryl methyl sites for hydroxylation is 2. The second-order valence-electron chi connectivity index (χ2n) is 4.75. The molecule has 0 saturated carbocycles. The third-order valence-corrected chi connectivity index (χ3v) is 3.56. The number of hydrogen-bond acceptors (Lipinski definition) is 4. The van der Waals surface area contributed by atoms with Crippen LogP contribution in [0.4, 0.5) is 5.69 Å². The summed E-state index contributed by atoms with van der Waals surface area (Å²) in [6, 6.07) is 0.227. The first-order valence-electron chi connectivity index (χ1n) is 6.92. The van der Waals surface area contributed by atoms with Gasteiger partial charge in [-0.1, -0.05) is 20.8 Å². The molecule has 0 bridgehead atoms. The van der Waals surface area contributed by atoms with Crippen molar-refractivity contribution >= 4 is 5.69 Å². The molecule has 108 valence electrons. The number of aromatic nitrogens is 2. The van der Waals surface area contributed by atoms with Crippen LogP contribution in [0, 0.1) is 17.0 Å². The summed E-state index contributed by atoms with van der Waals surface area (Å²) in [5, 5.41) is 19.0. The van der Waals surface area contributed by atoms with E-state index in [-0.39, 0.29) is 22.6 Å². The molecule has 0 aromatic carbocycles. The molecule has 1 heterocycles. The van der Waals surface area contributed by atoms with E-state index in [0.717, 1.165) is 18.7 Å². The number of nitrogens with one attached hydrogen (secondary N) is 1. The van der Waals surface area contributed by atoms with Crippen LogP contribution in [-0.2, 0) is 6.54 Å². The van der Waals surface area contributed by atoms with E-state index in [2.05, 4.69) is 17.3 Å². The highest BCUT2D eigenvalue weighted by Gasteiger charge is 2.31. The zero-order chi connectivity index (χ0) is 14.6. The molecule has 1 rings (SSSR count). The van der Waals surface area contributed by atoms with E-state index in [1.807, 2.05) is 20.8 Å². The normalized spacial score (nSPS) is 14.4. The van der Waals surface area contributed by atoms with Crippen molar-refractivity contribution in [3.8, 4) is 0 Å². The summed E-state index contributed by atoms with van der Waals surface area (Å²) in [5.41, 5.74) is 1.41. The molecule has 0 aliphatic carbocycles. The van der Waals surface area contributed by atoms with Gasteiger partial charge in [0.25, 0.3) is 0 Å². The Labute approximate surface area is 114 Å². The third-order valence-electron chi connectivity index (χ3n) is 3.56. The quantitative estimate of drug-likeness (QED) is 0.609. The Morgan fingerprint density at radius 1 is 1.42 bits per heavy atom. The van der Waals surface area contributed by atoms with Crippen molar-refractivity contribution < 1.29 is 4.92 Å². The van der Waals surface area contributed by atoms with E-state index in [0.29, 0.717) is 12.2 Å². The Bertz CT molecular complexity index is 442. The molecule has 2 atom stereocenters. The van der Waals surface area contributed by atoms with Crippen molar-refractivity contribution in [1.82, 2.24) is 15.1 Å². The van der Waals surface area contributed by atoms with Gasteiger partial charge in [0, 0.05) is 18.5 Å². The number of nitro groups is 1. The number of hydrogen-bond donors (Lipinski definition) is 1. The molecule has 0 spiro atoms. The smallest absolute Gasteiger partial charge is 0.313 e. The van der Waals surface area contributed by atoms with E-state index in [4.69, 9.17) is 0 Å². The van der Waals surface area contributed by atoms with Gasteiger partial charge in [-0.2, -0.15) is 5.10 Å². The topological polar surface area (TPSA) is 73.0 Å². The highest BCUT2D eigenvalue weighted by molar-refractivity contribution is 5.43. The first kappa shape index (κ1) is 15.6. The molecule has 6 heteroatoms. The Kier molecular flexibility index (Phi) is 5.47. The van der Waals surface area contributed by atoms with Gasteiger partial charge < -0.3 is 5.32 Å². The van der Waals surface area contributed by atoms with E-state index >= 15 is 0 Å². The summed E-state index contributed by atoms with van der Waals surface area (Å²) in [4.78, 5) is 11.0. The molecule has 0 aliphatic rings. The van der Waals surface area contributed by atoms with Crippen LogP contribution in [0.15, 0.2) is 0 Å². The van der Waals surface area contributed by atoms with Crippen LogP contribution in [-0.4, -0.2) is 27.3 Å². The lowest BCUT2D eigenvalue weighted by Crippen LogP contribution is -2.34. The molecule has 0 fully saturated rings. The maximum Gasteiger partial charge on any atom is 0.313 e. The van der Waals surface area contributed by atoms with Crippen molar-refractivity contribution in [1.29, 1.82) is 0 Å². The van der Waals surface area contributed by atoms with E-state index in [1.165, 1.54) is 0 Å². The van der Waals surface area contributed by atoms with Crippen molar-refractivity contribution in [3.63, 3.8) is 0 Å². The number of nitrogens with zero attached hydrogens (tertiary/aromatic N) is 3. The van der Waals surface area contributed by atoms with Crippen molar-refractivity contribution in [3.05, 3.63) is 21.5 Å². The van der Waals surface area contributed by atoms with Gasteiger partial charge in [0.2, 0.25) is 0 Å². The lowest BCUT2D eigenvalue weighted by molar-refractivity contribution is -0.386. The Balaban J connectivity index is 3.26. The van der Waals surface area contributed by atoms with Gasteiger partial charge in [0.15, 0.2) is 0 Å². The molecule has 1 N–H and O–H groups in total. The maximum absolute atomic E-state index is 11.3. The molecule has 0 aliphatic heterocycles. The fourth-order valence-corrected chi connectivity index (χ4v) is 2.63. The van der Waals surface area contributed by atoms with Crippen LogP contribution < -0.4 is 5.32 Å². The summed E-state index contributed by atoms with van der Waals surface area (Å²) in [6.07, 6.45) is 0.931. The van der Waals surface area contributed by atoms with Gasteiger partial charge >= 0.3 is 5.69 Å². The van der Waals surface area contributed by atoms with E-state index < -0.39 is 0 Å². The third kappa shape index (κ3) is 3.12. The molecule has 0 amide bonds. The molecular weight excluding hydrogens is 244 g/mol. The van der Waals surface area contributed by atoms with Crippen LogP contribution in [0.25, 0.3) is 0 Å². The van der Waals surface area contributed by atoms with Crippen LogP contribution in [0.3, 0.4) is 0 Å². The fraction of sp³-hybridized carbons (Fsp3) is 0.769. The maximum atomic E-state index is 11.3. The summed E-state index contributed by atoms with van der Waals surface area (Å²) in [6.45, 7) is 11.3. The lowest BCUT2D eigenvalue weighted by Gasteiger charge is -2.23. The standard InChI is InChI=1S/C13H24N4O2/c1-6-11(14-7-2)9(4)12-13(17(18)19)10(5)15-16(12)8-3/h9,11,14H,6-8H2,1-5H3. The molecular formula is C13H24N4O2. The van der Waals surface area contributed by atoms with Crippen LogP contribution in [0.2, 0.25) is 0 Å². The average molecular weight is 268 g/mol. The molecule has 2 unspecified atom stereocenters. The monoisotopic (exact) mass is 268 g/mol. The van der Waals surface area contributed by atoms with Crippen LogP contribution in [0.5, 0.6) is 0 Å². The predicted octanol–water partition coefficient (Wildman–Crippen LogP) is 2.61. The molecule has 0 saturated heterocycles. The molecule has 1 aromatic rings. The van der Waals surface area contributed by atoms with Gasteiger partial charge in [-0.05, 0) is 26.8 Å². The van der Waals surface area contributed by atoms with Crippen molar-refractivity contribution in [2.75, 3.05) is 6.54 Å². The molecule has 0 radical (unpaired) electrons. The van der Waals surface area contributed by atoms with Gasteiger partial charge in [-0.25, -0.2) is 0 Å². The second-order valence-corrected chi connectivity index (χ2v) is 4.75. The zero-order valence-corrected chi connectivity index (χ0v) is 12.4. The van der Waals surface area contributed by atoms with Crippen LogP contribution >= 0.6 is 0 Å². The number of likely N-dealkylation sites (N-methyl/N-ethyl adjacent to an activating group) is 1. The summed E-state index contributed by atoms with van der Waals surface area (Å²) >= 11 is 0. The van der Waals surface area contributed by atoms with Gasteiger partial charge in [0.05, 0.1) is 4.92 Å². The van der Waals surface area contributed by atoms with E-state index in [9.17, 15) is 10.1 Å². The van der Waals surface area contributed by atoms with E-state index in [1.54, 1.807) is 11.6 Å². The minimum absolute atomic E-state index is 0.0616. The minimum atomic E-state index is -0.307. The van der Waals surface area contributed by atoms with Crippen LogP contribution in [0.1, 0.15) is 51.4 Å². The Hall–Kier alpha value is -1.43. The molecule has 1 aromatic heterocycles. The molecule has 6 nitrogen and oxygen atoms in total. The highest BCUT2D eigenvalue weighted by atomic mass is 16.6. The minimum Gasteiger partial charge on any atom is -0.314 e. The Morgan fingerprint density at radius 2 is 2.05 bits per heavy atom. The summed E-state index contributed by atoms with van der Waals surface area (Å²) in [5.74, 6) is 0.0616. The van der Waals surface area contributed by atoms with Gasteiger partial charge in [0.1, 0.15) is 11.4 Å².